The van der Waals surface area contributed by atoms with Crippen LogP contribution in [0.3, 0.4) is 0 Å². The first-order valence-corrected chi connectivity index (χ1v) is 12.7. The van der Waals surface area contributed by atoms with Crippen LogP contribution >= 0.6 is 0 Å². The van der Waals surface area contributed by atoms with Gasteiger partial charge in [-0.05, 0) is 24.6 Å². The second-order valence-corrected chi connectivity index (χ2v) is 7.30. The van der Waals surface area contributed by atoms with Gasteiger partial charge in [0, 0.05) is 43.2 Å². The summed E-state index contributed by atoms with van der Waals surface area (Å²) in [4.78, 5) is 33.7. The Bertz CT molecular complexity index is 855. The molecule has 0 spiro atoms. The van der Waals surface area contributed by atoms with Crippen LogP contribution in [0.5, 0.6) is 17.6 Å². The highest BCUT2D eigenvalue weighted by Crippen LogP contribution is 2.08. The zero-order valence-electron chi connectivity index (χ0n) is 24.3. The van der Waals surface area contributed by atoms with Gasteiger partial charge in [-0.3, -0.25) is 4.79 Å². The molecule has 0 atom stereocenters. The lowest BCUT2D eigenvalue weighted by Crippen LogP contribution is -2.14. The lowest BCUT2D eigenvalue weighted by atomic mass is 10.3. The molecule has 3 aromatic heterocycles. The number of ether oxygens (including phenoxy) is 3. The van der Waals surface area contributed by atoms with Crippen LogP contribution in [0.4, 0.5) is 4.79 Å². The summed E-state index contributed by atoms with van der Waals surface area (Å²) in [5.41, 5.74) is 0. The Kier molecular flexibility index (Phi) is 40.5. The van der Waals surface area contributed by atoms with Crippen molar-refractivity contribution in [3.8, 4) is 17.6 Å². The number of carbonyl (C=O) groups excluding carboxylic acids is 2. The van der Waals surface area contributed by atoms with Crippen LogP contribution in [-0.2, 0) is 4.79 Å². The van der Waals surface area contributed by atoms with E-state index in [4.69, 9.17) is 14.2 Å². The van der Waals surface area contributed by atoms with Gasteiger partial charge in [-0.25, -0.2) is 19.7 Å². The fraction of sp³-hybridized carbons (Fsp3) is 0.469. The maximum Gasteiger partial charge on any atom is 1.00 e. The Morgan fingerprint density at radius 1 is 0.575 bits per heavy atom. The third-order valence-corrected chi connectivity index (χ3v) is 2.96. The van der Waals surface area contributed by atoms with Crippen LogP contribution in [-0.4, -0.2) is 27.1 Å². The molecule has 228 valence electrons. The van der Waals surface area contributed by atoms with Gasteiger partial charge in [0.1, 0.15) is 0 Å². The number of rotatable bonds is 5. The minimum atomic E-state index is -0.864. The molecule has 3 aromatic rings. The summed E-state index contributed by atoms with van der Waals surface area (Å²) >= 11 is 0. The van der Waals surface area contributed by atoms with Gasteiger partial charge in [0.05, 0.1) is 0 Å². The Hall–Kier alpha value is -3.81. The highest BCUT2D eigenvalue weighted by molar-refractivity contribution is 5.71. The number of pyridine rings is 3. The lowest BCUT2D eigenvalue weighted by molar-refractivity contribution is -0.134. The minimum absolute atomic E-state index is 0. The first-order chi connectivity index (χ1) is 17.9. The molecule has 0 aromatic carbocycles. The van der Waals surface area contributed by atoms with Crippen molar-refractivity contribution in [2.45, 2.75) is 103 Å². The van der Waals surface area contributed by atoms with E-state index in [0.29, 0.717) is 12.3 Å². The van der Waals surface area contributed by atoms with E-state index in [-0.39, 0.29) is 41.4 Å². The molecular weight excluding hydrogens is 506 g/mol. The van der Waals surface area contributed by atoms with E-state index in [1.165, 1.54) is 31.7 Å². The van der Waals surface area contributed by atoms with Gasteiger partial charge < -0.3 is 14.2 Å². The third-order valence-electron chi connectivity index (χ3n) is 2.96. The lowest BCUT2D eigenvalue weighted by Gasteiger charge is -2.02. The van der Waals surface area contributed by atoms with E-state index in [9.17, 15) is 9.59 Å². The van der Waals surface area contributed by atoms with Gasteiger partial charge in [-0.15, -0.1) is 0 Å². The van der Waals surface area contributed by atoms with Crippen molar-refractivity contribution in [3.63, 3.8) is 0 Å². The predicted molar refractivity (Wildman–Crippen MR) is 169 cm³/mol. The van der Waals surface area contributed by atoms with Gasteiger partial charge in [-0.1, -0.05) is 108 Å². The summed E-state index contributed by atoms with van der Waals surface area (Å²) < 4.78 is 14.5. The zero-order chi connectivity index (χ0) is 28.2. The fourth-order valence-electron chi connectivity index (χ4n) is 1.79. The Labute approximate surface area is 246 Å². The van der Waals surface area contributed by atoms with Crippen molar-refractivity contribution in [3.05, 3.63) is 73.2 Å². The molecule has 0 unspecified atom stereocenters. The quantitative estimate of drug-likeness (QED) is 0.283. The molecule has 0 aliphatic heterocycles. The normalized spacial score (nSPS) is 7.97. The second-order valence-electron chi connectivity index (χ2n) is 7.30. The fourth-order valence-corrected chi connectivity index (χ4v) is 1.79. The van der Waals surface area contributed by atoms with E-state index < -0.39 is 6.16 Å². The Morgan fingerprint density at radius 2 is 0.875 bits per heavy atom. The molecule has 0 fully saturated rings. The average Bonchev–Trinajstić information content (AvgIpc) is 2.88. The van der Waals surface area contributed by atoms with Crippen molar-refractivity contribution < 1.29 is 25.2 Å². The predicted octanol–water partition coefficient (Wildman–Crippen LogP) is 10.1. The summed E-state index contributed by atoms with van der Waals surface area (Å²) in [6.45, 7) is 14.7. The summed E-state index contributed by atoms with van der Waals surface area (Å²) in [6, 6.07) is 15.2. The third kappa shape index (κ3) is 30.4. The molecule has 0 aliphatic rings. The van der Waals surface area contributed by atoms with Crippen LogP contribution < -0.4 is 14.2 Å². The molecule has 0 aliphatic carbocycles. The zero-order valence-corrected chi connectivity index (χ0v) is 23.3. The van der Waals surface area contributed by atoms with Gasteiger partial charge in [0.2, 0.25) is 17.6 Å². The molecular formula is C32H56N3O5+. The van der Waals surface area contributed by atoms with Crippen molar-refractivity contribution in [1.82, 2.24) is 15.0 Å². The molecule has 40 heavy (non-hydrogen) atoms. The van der Waals surface area contributed by atoms with E-state index in [0.717, 1.165) is 6.42 Å². The average molecular weight is 563 g/mol. The molecule has 0 N–H and O–H groups in total. The molecule has 3 heterocycles. The van der Waals surface area contributed by atoms with Crippen molar-refractivity contribution >= 4 is 12.1 Å². The molecule has 3 rings (SSSR count). The topological polar surface area (TPSA) is 100 Å². The first-order valence-electron chi connectivity index (χ1n) is 12.7. The van der Waals surface area contributed by atoms with E-state index in [1.807, 2.05) is 6.92 Å². The minimum Gasteiger partial charge on any atom is -0.407 e. The van der Waals surface area contributed by atoms with Crippen molar-refractivity contribution in [2.24, 2.45) is 0 Å². The number of hydrogen-bond donors (Lipinski definition) is 0. The SMILES string of the molecule is C.C.C.CCC.CCC.CCC.CCCC(=O)Oc1ccccn1.O=C(Oc1ccccn1)Oc1ccccn1.[H+]. The van der Waals surface area contributed by atoms with E-state index in [2.05, 4.69) is 56.5 Å². The molecule has 0 amide bonds. The highest BCUT2D eigenvalue weighted by atomic mass is 16.7. The monoisotopic (exact) mass is 562 g/mol. The Morgan fingerprint density at radius 3 is 1.12 bits per heavy atom. The Balaban J connectivity index is -0.000000110. The number of nitrogens with zero attached hydrogens (tertiary/aromatic N) is 3. The van der Waals surface area contributed by atoms with Crippen LogP contribution in [0, 0.1) is 0 Å². The molecule has 0 radical (unpaired) electrons. The molecule has 0 saturated heterocycles. The maximum atomic E-state index is 11.3. The first kappa shape index (κ1) is 46.1. The van der Waals surface area contributed by atoms with Gasteiger partial charge in [0.25, 0.3) is 0 Å². The van der Waals surface area contributed by atoms with Crippen molar-refractivity contribution in [2.75, 3.05) is 0 Å². The number of aromatic nitrogens is 3. The maximum absolute atomic E-state index is 11.3. The highest BCUT2D eigenvalue weighted by Gasteiger charge is 2.08. The molecule has 0 saturated carbocycles. The summed E-state index contributed by atoms with van der Waals surface area (Å²) in [6.07, 6.45) is 8.75. The number of hydrogen-bond acceptors (Lipinski definition) is 8. The standard InChI is InChI=1S/C11H8N2O3.C9H11NO2.3C3H8.3CH4/c14-11(15-9-5-1-3-7-12-9)16-10-6-2-4-8-13-10;1-2-5-9(11)12-8-6-3-4-7-10-8;3*1-3-2;;;/h1-8H;3-4,6-7H,2,5H2,1H3;3*3H2,1-2H3;3*1H4/p+1. The molecule has 8 nitrogen and oxygen atoms in total. The molecule has 8 heteroatoms. The molecule has 0 bridgehead atoms. The van der Waals surface area contributed by atoms with Crippen LogP contribution in [0.1, 0.15) is 104 Å². The van der Waals surface area contributed by atoms with Gasteiger partial charge >= 0.3 is 13.6 Å². The van der Waals surface area contributed by atoms with Crippen LogP contribution in [0.25, 0.3) is 0 Å². The van der Waals surface area contributed by atoms with Crippen LogP contribution in [0.15, 0.2) is 73.2 Å². The van der Waals surface area contributed by atoms with E-state index >= 15 is 0 Å². The van der Waals surface area contributed by atoms with Gasteiger partial charge in [-0.2, -0.15) is 0 Å². The van der Waals surface area contributed by atoms with Crippen molar-refractivity contribution in [1.29, 1.82) is 0 Å². The summed E-state index contributed by atoms with van der Waals surface area (Å²) in [7, 11) is 0. The smallest absolute Gasteiger partial charge is 0.407 e. The van der Waals surface area contributed by atoms with E-state index in [1.54, 1.807) is 60.8 Å². The number of esters is 1. The van der Waals surface area contributed by atoms with Crippen LogP contribution in [0.2, 0.25) is 0 Å². The summed E-state index contributed by atoms with van der Waals surface area (Å²) in [5.74, 6) is 0.513. The van der Waals surface area contributed by atoms with Gasteiger partial charge in [0.15, 0.2) is 0 Å². The largest absolute Gasteiger partial charge is 1.00 e. The second kappa shape index (κ2) is 35.2. The number of carbonyl (C=O) groups is 2. The summed E-state index contributed by atoms with van der Waals surface area (Å²) in [5, 5.41) is 0.